The largest absolute Gasteiger partial charge is 0.492 e. The third kappa shape index (κ3) is 7.98. The lowest BCUT2D eigenvalue weighted by atomic mass is 10.2. The van der Waals surface area contributed by atoms with Crippen LogP contribution in [0.5, 0.6) is 5.75 Å². The van der Waals surface area contributed by atoms with Crippen molar-refractivity contribution in [2.75, 3.05) is 19.7 Å². The number of hydrogen-bond acceptors (Lipinski definition) is 1. The molecule has 2 N–H and O–H groups in total. The Labute approximate surface area is 132 Å². The van der Waals surface area contributed by atoms with Crippen LogP contribution in [0.4, 0.5) is 0 Å². The van der Waals surface area contributed by atoms with Crippen LogP contribution in [0.3, 0.4) is 0 Å². The molecule has 0 amide bonds. The molecular formula is C16H26Cl2NO+. The zero-order valence-electron chi connectivity index (χ0n) is 12.3. The Morgan fingerprint density at radius 2 is 1.75 bits per heavy atom. The molecule has 0 bridgehead atoms. The van der Waals surface area contributed by atoms with E-state index in [0.717, 1.165) is 18.8 Å². The summed E-state index contributed by atoms with van der Waals surface area (Å²) in [6.07, 6.45) is 7.49. The summed E-state index contributed by atoms with van der Waals surface area (Å²) in [7, 11) is 0. The van der Waals surface area contributed by atoms with Crippen LogP contribution in [0.15, 0.2) is 18.2 Å². The van der Waals surface area contributed by atoms with Crippen LogP contribution in [0, 0.1) is 0 Å². The van der Waals surface area contributed by atoms with E-state index in [1.54, 1.807) is 12.1 Å². The van der Waals surface area contributed by atoms with E-state index in [9.17, 15) is 0 Å². The molecule has 1 aromatic carbocycles. The average molecular weight is 319 g/mol. The van der Waals surface area contributed by atoms with E-state index in [1.165, 1.54) is 45.2 Å². The van der Waals surface area contributed by atoms with Gasteiger partial charge < -0.3 is 10.1 Å². The van der Waals surface area contributed by atoms with Crippen molar-refractivity contribution < 1.29 is 10.1 Å². The monoisotopic (exact) mass is 318 g/mol. The molecule has 0 aliphatic rings. The lowest BCUT2D eigenvalue weighted by Gasteiger charge is -2.08. The van der Waals surface area contributed by atoms with Gasteiger partial charge in [0.2, 0.25) is 0 Å². The topological polar surface area (TPSA) is 25.8 Å². The third-order valence-electron chi connectivity index (χ3n) is 3.22. The van der Waals surface area contributed by atoms with Gasteiger partial charge in [-0.2, -0.15) is 0 Å². The number of ether oxygens (including phenoxy) is 1. The van der Waals surface area contributed by atoms with Crippen molar-refractivity contribution in [1.82, 2.24) is 0 Å². The molecule has 0 unspecified atom stereocenters. The van der Waals surface area contributed by atoms with Gasteiger partial charge in [-0.3, -0.25) is 0 Å². The first kappa shape index (κ1) is 17.6. The molecule has 0 saturated heterocycles. The molecule has 0 spiro atoms. The molecular weight excluding hydrogens is 293 g/mol. The first-order valence-electron chi connectivity index (χ1n) is 7.63. The Morgan fingerprint density at radius 3 is 2.50 bits per heavy atom. The van der Waals surface area contributed by atoms with Crippen molar-refractivity contribution in [3.63, 3.8) is 0 Å². The number of rotatable bonds is 11. The SMILES string of the molecule is CCCC[NH2+]CCCCCCOc1ccc(Cl)cc1Cl. The van der Waals surface area contributed by atoms with E-state index in [2.05, 4.69) is 12.2 Å². The van der Waals surface area contributed by atoms with E-state index in [-0.39, 0.29) is 0 Å². The molecule has 0 aromatic heterocycles. The highest BCUT2D eigenvalue weighted by Gasteiger charge is 2.01. The van der Waals surface area contributed by atoms with Crippen molar-refractivity contribution in [2.45, 2.75) is 45.4 Å². The Morgan fingerprint density at radius 1 is 1.00 bits per heavy atom. The molecule has 0 saturated carbocycles. The molecule has 0 atom stereocenters. The second-order valence-electron chi connectivity index (χ2n) is 5.06. The maximum Gasteiger partial charge on any atom is 0.137 e. The first-order chi connectivity index (χ1) is 9.74. The standard InChI is InChI=1S/C16H25Cl2NO/c1-2-3-10-19-11-6-4-5-7-12-20-16-9-8-14(17)13-15(16)18/h8-9,13,19H,2-7,10-12H2,1H3/p+1. The van der Waals surface area contributed by atoms with Gasteiger partial charge in [0.15, 0.2) is 0 Å². The maximum absolute atomic E-state index is 6.04. The van der Waals surface area contributed by atoms with Gasteiger partial charge in [0.05, 0.1) is 24.7 Å². The van der Waals surface area contributed by atoms with E-state index in [1.807, 2.05) is 6.07 Å². The minimum absolute atomic E-state index is 0.586. The van der Waals surface area contributed by atoms with E-state index in [4.69, 9.17) is 27.9 Å². The quantitative estimate of drug-likeness (QED) is 0.605. The van der Waals surface area contributed by atoms with Gasteiger partial charge in [-0.05, 0) is 50.3 Å². The van der Waals surface area contributed by atoms with Crippen molar-refractivity contribution in [3.8, 4) is 5.75 Å². The van der Waals surface area contributed by atoms with Crippen molar-refractivity contribution in [3.05, 3.63) is 28.2 Å². The van der Waals surface area contributed by atoms with E-state index >= 15 is 0 Å². The molecule has 0 aliphatic carbocycles. The van der Waals surface area contributed by atoms with Gasteiger partial charge in [-0.25, -0.2) is 0 Å². The smallest absolute Gasteiger partial charge is 0.137 e. The van der Waals surface area contributed by atoms with Crippen LogP contribution in [0.1, 0.15) is 45.4 Å². The van der Waals surface area contributed by atoms with Gasteiger partial charge in [0.1, 0.15) is 5.75 Å². The average Bonchev–Trinajstić information content (AvgIpc) is 2.43. The number of hydrogen-bond donors (Lipinski definition) is 1. The molecule has 0 heterocycles. The van der Waals surface area contributed by atoms with Crippen LogP contribution >= 0.6 is 23.2 Å². The lowest BCUT2D eigenvalue weighted by molar-refractivity contribution is -0.655. The maximum atomic E-state index is 6.04. The number of benzene rings is 1. The molecule has 4 heteroatoms. The summed E-state index contributed by atoms with van der Waals surface area (Å²) in [5.41, 5.74) is 0. The van der Waals surface area contributed by atoms with Crippen LogP contribution in [-0.2, 0) is 0 Å². The molecule has 114 valence electrons. The number of nitrogens with two attached hydrogens (primary N) is 1. The van der Waals surface area contributed by atoms with Crippen LogP contribution < -0.4 is 10.1 Å². The highest BCUT2D eigenvalue weighted by atomic mass is 35.5. The van der Waals surface area contributed by atoms with E-state index < -0.39 is 0 Å². The molecule has 1 rings (SSSR count). The predicted octanol–water partition coefficient (Wildman–Crippen LogP) is 4.30. The first-order valence-corrected chi connectivity index (χ1v) is 8.39. The van der Waals surface area contributed by atoms with Crippen molar-refractivity contribution in [2.24, 2.45) is 0 Å². The van der Waals surface area contributed by atoms with Crippen molar-refractivity contribution in [1.29, 1.82) is 0 Å². The summed E-state index contributed by atoms with van der Waals surface area (Å²) in [5.74, 6) is 0.726. The molecule has 1 aromatic rings. The second-order valence-corrected chi connectivity index (χ2v) is 5.90. The number of unbranched alkanes of at least 4 members (excludes halogenated alkanes) is 4. The molecule has 0 radical (unpaired) electrons. The third-order valence-corrected chi connectivity index (χ3v) is 3.75. The summed E-state index contributed by atoms with van der Waals surface area (Å²) in [4.78, 5) is 0. The fourth-order valence-electron chi connectivity index (χ4n) is 2.01. The Hall–Kier alpha value is -0.440. The lowest BCUT2D eigenvalue weighted by Crippen LogP contribution is -2.84. The zero-order valence-corrected chi connectivity index (χ0v) is 13.8. The summed E-state index contributed by atoms with van der Waals surface area (Å²) in [5, 5.41) is 3.65. The van der Waals surface area contributed by atoms with Crippen molar-refractivity contribution >= 4 is 23.2 Å². The fraction of sp³-hybridized carbons (Fsp3) is 0.625. The summed E-state index contributed by atoms with van der Waals surface area (Å²) >= 11 is 11.9. The van der Waals surface area contributed by atoms with Crippen LogP contribution in [0.2, 0.25) is 10.0 Å². The molecule has 0 fully saturated rings. The second kappa shape index (κ2) is 11.2. The number of halogens is 2. The minimum atomic E-state index is 0.586. The van der Waals surface area contributed by atoms with Gasteiger partial charge in [0, 0.05) is 5.02 Å². The summed E-state index contributed by atoms with van der Waals surface area (Å²) in [6.45, 7) is 5.49. The molecule has 0 aliphatic heterocycles. The van der Waals surface area contributed by atoms with Crippen LogP contribution in [-0.4, -0.2) is 19.7 Å². The predicted molar refractivity (Wildman–Crippen MR) is 87.0 cm³/mol. The molecule has 20 heavy (non-hydrogen) atoms. The highest BCUT2D eigenvalue weighted by Crippen LogP contribution is 2.27. The van der Waals surface area contributed by atoms with Gasteiger partial charge in [0.25, 0.3) is 0 Å². The zero-order chi connectivity index (χ0) is 14.6. The fourth-order valence-corrected chi connectivity index (χ4v) is 2.47. The van der Waals surface area contributed by atoms with Gasteiger partial charge in [-0.15, -0.1) is 0 Å². The molecule has 2 nitrogen and oxygen atoms in total. The summed E-state index contributed by atoms with van der Waals surface area (Å²) in [6, 6.07) is 5.34. The normalized spacial score (nSPS) is 10.8. The van der Waals surface area contributed by atoms with E-state index in [0.29, 0.717) is 10.0 Å². The number of quaternary nitrogens is 1. The Balaban J connectivity index is 1.97. The van der Waals surface area contributed by atoms with Gasteiger partial charge in [-0.1, -0.05) is 36.5 Å². The van der Waals surface area contributed by atoms with Gasteiger partial charge >= 0.3 is 0 Å². The highest BCUT2D eigenvalue weighted by molar-refractivity contribution is 6.35. The van der Waals surface area contributed by atoms with Crippen LogP contribution in [0.25, 0.3) is 0 Å². The Kier molecular flexibility index (Phi) is 9.90. The summed E-state index contributed by atoms with van der Waals surface area (Å²) < 4.78 is 5.65. The minimum Gasteiger partial charge on any atom is -0.492 e. The Bertz CT molecular complexity index is 371.